The summed E-state index contributed by atoms with van der Waals surface area (Å²) < 4.78 is 18.1. The second-order valence-corrected chi connectivity index (χ2v) is 5.71. The van der Waals surface area contributed by atoms with Crippen molar-refractivity contribution < 1.29 is 18.7 Å². The number of carbonyl (C=O) groups excluding carboxylic acids is 2. The molecule has 25 heavy (non-hydrogen) atoms. The third-order valence-corrected chi connectivity index (χ3v) is 3.71. The van der Waals surface area contributed by atoms with E-state index in [0.717, 1.165) is 17.4 Å². The van der Waals surface area contributed by atoms with Crippen LogP contribution in [0.3, 0.4) is 0 Å². The van der Waals surface area contributed by atoms with Crippen LogP contribution in [-0.2, 0) is 16.0 Å². The molecule has 0 fully saturated rings. The zero-order valence-corrected chi connectivity index (χ0v) is 14.4. The quantitative estimate of drug-likeness (QED) is 0.741. The number of hydrogen-bond donors (Lipinski definition) is 2. The SMILES string of the molecule is COc1ccc(CCNC(=O)CC(=O)Nc2ccc(F)c(Cl)c2)cc1. The number of hydrogen-bond acceptors (Lipinski definition) is 3. The number of carbonyl (C=O) groups is 2. The first-order valence-corrected chi connectivity index (χ1v) is 8.00. The topological polar surface area (TPSA) is 67.4 Å². The van der Waals surface area contributed by atoms with Crippen molar-refractivity contribution in [1.82, 2.24) is 5.32 Å². The third-order valence-electron chi connectivity index (χ3n) is 3.42. The van der Waals surface area contributed by atoms with Crippen LogP contribution in [0.1, 0.15) is 12.0 Å². The lowest BCUT2D eigenvalue weighted by Gasteiger charge is -2.08. The molecule has 7 heteroatoms. The molecule has 0 aromatic heterocycles. The van der Waals surface area contributed by atoms with Crippen LogP contribution in [0.15, 0.2) is 42.5 Å². The van der Waals surface area contributed by atoms with Crippen LogP contribution < -0.4 is 15.4 Å². The number of halogens is 2. The van der Waals surface area contributed by atoms with Gasteiger partial charge in [0.2, 0.25) is 11.8 Å². The lowest BCUT2D eigenvalue weighted by molar-refractivity contribution is -0.126. The second kappa shape index (κ2) is 9.03. The smallest absolute Gasteiger partial charge is 0.233 e. The summed E-state index contributed by atoms with van der Waals surface area (Å²) in [6.07, 6.45) is 0.322. The van der Waals surface area contributed by atoms with Gasteiger partial charge in [-0.25, -0.2) is 4.39 Å². The fourth-order valence-corrected chi connectivity index (χ4v) is 2.31. The number of rotatable bonds is 7. The van der Waals surface area contributed by atoms with Crippen LogP contribution >= 0.6 is 11.6 Å². The van der Waals surface area contributed by atoms with E-state index in [2.05, 4.69) is 10.6 Å². The Morgan fingerprint density at radius 2 is 1.84 bits per heavy atom. The van der Waals surface area contributed by atoms with Gasteiger partial charge in [0.15, 0.2) is 0 Å². The molecule has 0 radical (unpaired) electrons. The van der Waals surface area contributed by atoms with Crippen LogP contribution in [0, 0.1) is 5.82 Å². The molecule has 2 N–H and O–H groups in total. The molecule has 0 saturated carbocycles. The van der Waals surface area contributed by atoms with Crippen molar-refractivity contribution in [1.29, 1.82) is 0 Å². The predicted molar refractivity (Wildman–Crippen MR) is 94.4 cm³/mol. The lowest BCUT2D eigenvalue weighted by atomic mass is 10.1. The van der Waals surface area contributed by atoms with Gasteiger partial charge < -0.3 is 15.4 Å². The maximum atomic E-state index is 13.1. The van der Waals surface area contributed by atoms with Gasteiger partial charge in [0.05, 0.1) is 12.1 Å². The van der Waals surface area contributed by atoms with Crippen LogP contribution in [-0.4, -0.2) is 25.5 Å². The highest BCUT2D eigenvalue weighted by Gasteiger charge is 2.10. The zero-order valence-electron chi connectivity index (χ0n) is 13.6. The average molecular weight is 365 g/mol. The normalized spacial score (nSPS) is 10.2. The summed E-state index contributed by atoms with van der Waals surface area (Å²) in [5.74, 6) is -0.690. The summed E-state index contributed by atoms with van der Waals surface area (Å²) in [5.41, 5.74) is 1.38. The van der Waals surface area contributed by atoms with E-state index < -0.39 is 11.7 Å². The number of benzene rings is 2. The standard InChI is InChI=1S/C18H18ClFN2O3/c1-25-14-5-2-12(3-6-14)8-9-21-17(23)11-18(24)22-13-4-7-16(20)15(19)10-13/h2-7,10H,8-9,11H2,1H3,(H,21,23)(H,22,24). The number of amides is 2. The van der Waals surface area contributed by atoms with Crippen molar-refractivity contribution in [2.24, 2.45) is 0 Å². The maximum absolute atomic E-state index is 13.1. The van der Waals surface area contributed by atoms with E-state index in [4.69, 9.17) is 16.3 Å². The maximum Gasteiger partial charge on any atom is 0.233 e. The molecule has 0 aliphatic heterocycles. The molecule has 0 saturated heterocycles. The van der Waals surface area contributed by atoms with Crippen LogP contribution in [0.2, 0.25) is 5.02 Å². The molecule has 2 amide bonds. The molecule has 0 aliphatic carbocycles. The fourth-order valence-electron chi connectivity index (χ4n) is 2.13. The first-order chi connectivity index (χ1) is 12.0. The highest BCUT2D eigenvalue weighted by atomic mass is 35.5. The molecule has 2 rings (SSSR count). The number of nitrogens with one attached hydrogen (secondary N) is 2. The van der Waals surface area contributed by atoms with Crippen LogP contribution in [0.5, 0.6) is 5.75 Å². The van der Waals surface area contributed by atoms with Crippen molar-refractivity contribution in [3.8, 4) is 5.75 Å². The van der Waals surface area contributed by atoms with E-state index in [1.807, 2.05) is 24.3 Å². The highest BCUT2D eigenvalue weighted by Crippen LogP contribution is 2.19. The molecule has 0 heterocycles. The summed E-state index contributed by atoms with van der Waals surface area (Å²) in [7, 11) is 1.60. The van der Waals surface area contributed by atoms with Gasteiger partial charge in [-0.3, -0.25) is 9.59 Å². The van der Waals surface area contributed by atoms with Gasteiger partial charge >= 0.3 is 0 Å². The van der Waals surface area contributed by atoms with Crippen LogP contribution in [0.4, 0.5) is 10.1 Å². The molecular formula is C18H18ClFN2O3. The Morgan fingerprint density at radius 3 is 2.48 bits per heavy atom. The average Bonchev–Trinajstić information content (AvgIpc) is 2.58. The van der Waals surface area contributed by atoms with Gasteiger partial charge in [-0.1, -0.05) is 23.7 Å². The first kappa shape index (κ1) is 18.7. The molecule has 0 unspecified atom stereocenters. The number of ether oxygens (including phenoxy) is 1. The Kier molecular flexibility index (Phi) is 6.77. The van der Waals surface area contributed by atoms with Crippen molar-refractivity contribution in [2.75, 3.05) is 19.0 Å². The minimum absolute atomic E-state index is 0.0956. The molecule has 2 aromatic carbocycles. The highest BCUT2D eigenvalue weighted by molar-refractivity contribution is 6.31. The van der Waals surface area contributed by atoms with Gasteiger partial charge in [-0.05, 0) is 42.3 Å². The summed E-state index contributed by atoms with van der Waals surface area (Å²) in [6, 6.07) is 11.3. The summed E-state index contributed by atoms with van der Waals surface area (Å²) >= 11 is 5.64. The van der Waals surface area contributed by atoms with Gasteiger partial charge in [-0.2, -0.15) is 0 Å². The Balaban J connectivity index is 1.73. The second-order valence-electron chi connectivity index (χ2n) is 5.30. The molecular weight excluding hydrogens is 347 g/mol. The van der Waals surface area contributed by atoms with E-state index in [0.29, 0.717) is 18.7 Å². The molecule has 2 aromatic rings. The van der Waals surface area contributed by atoms with E-state index in [1.54, 1.807) is 7.11 Å². The van der Waals surface area contributed by atoms with Crippen molar-refractivity contribution in [2.45, 2.75) is 12.8 Å². The van der Waals surface area contributed by atoms with E-state index in [-0.39, 0.29) is 17.4 Å². The summed E-state index contributed by atoms with van der Waals surface area (Å²) in [4.78, 5) is 23.6. The van der Waals surface area contributed by atoms with Gasteiger partial charge in [0.25, 0.3) is 0 Å². The first-order valence-electron chi connectivity index (χ1n) is 7.62. The van der Waals surface area contributed by atoms with E-state index >= 15 is 0 Å². The summed E-state index contributed by atoms with van der Waals surface area (Å²) in [6.45, 7) is 0.417. The van der Waals surface area contributed by atoms with Crippen molar-refractivity contribution >= 4 is 29.1 Å². The summed E-state index contributed by atoms with van der Waals surface area (Å²) in [5, 5.41) is 5.08. The Hall–Kier alpha value is -2.60. The van der Waals surface area contributed by atoms with Crippen LogP contribution in [0.25, 0.3) is 0 Å². The largest absolute Gasteiger partial charge is 0.497 e. The number of methoxy groups -OCH3 is 1. The Morgan fingerprint density at radius 1 is 1.12 bits per heavy atom. The Labute approximate surface area is 150 Å². The monoisotopic (exact) mass is 364 g/mol. The molecule has 0 spiro atoms. The Bertz CT molecular complexity index is 750. The zero-order chi connectivity index (χ0) is 18.2. The molecule has 132 valence electrons. The number of anilines is 1. The van der Waals surface area contributed by atoms with Gasteiger partial charge in [-0.15, -0.1) is 0 Å². The molecule has 0 atom stereocenters. The molecule has 5 nitrogen and oxygen atoms in total. The lowest BCUT2D eigenvalue weighted by Crippen LogP contribution is -2.29. The third kappa shape index (κ3) is 6.08. The van der Waals surface area contributed by atoms with Gasteiger partial charge in [0, 0.05) is 12.2 Å². The minimum atomic E-state index is -0.573. The van der Waals surface area contributed by atoms with E-state index in [1.165, 1.54) is 12.1 Å². The van der Waals surface area contributed by atoms with Crippen molar-refractivity contribution in [3.05, 3.63) is 58.9 Å². The molecule has 0 bridgehead atoms. The predicted octanol–water partition coefficient (Wildman–Crippen LogP) is 3.18. The van der Waals surface area contributed by atoms with E-state index in [9.17, 15) is 14.0 Å². The van der Waals surface area contributed by atoms with Gasteiger partial charge in [0.1, 0.15) is 18.0 Å². The fraction of sp³-hybridized carbons (Fsp3) is 0.222. The molecule has 0 aliphatic rings. The minimum Gasteiger partial charge on any atom is -0.497 e. The van der Waals surface area contributed by atoms with Crippen molar-refractivity contribution in [3.63, 3.8) is 0 Å².